The Labute approximate surface area is 117 Å². The first kappa shape index (κ1) is 15.2. The van der Waals surface area contributed by atoms with Gasteiger partial charge in [-0.3, -0.25) is 0 Å². The highest BCUT2D eigenvalue weighted by Crippen LogP contribution is 2.17. The summed E-state index contributed by atoms with van der Waals surface area (Å²) in [7, 11) is -1.03. The van der Waals surface area contributed by atoms with Crippen molar-refractivity contribution in [2.45, 2.75) is 44.7 Å². The van der Waals surface area contributed by atoms with Gasteiger partial charge in [-0.2, -0.15) is 0 Å². The molecule has 0 amide bonds. The lowest BCUT2D eigenvalue weighted by atomic mass is 10.0. The topological polar surface area (TPSA) is 61.4 Å². The van der Waals surface area contributed by atoms with Gasteiger partial charge in [0.15, 0.2) is 0 Å². The zero-order valence-corrected chi connectivity index (χ0v) is 12.9. The zero-order valence-electron chi connectivity index (χ0n) is 12.1. The van der Waals surface area contributed by atoms with Crippen LogP contribution in [0, 0.1) is 5.92 Å². The molecule has 19 heavy (non-hydrogen) atoms. The Morgan fingerprint density at radius 2 is 2.16 bits per heavy atom. The van der Waals surface area contributed by atoms with Crippen molar-refractivity contribution < 1.29 is 8.42 Å². The SMILES string of the molecule is CC1CC(NS(=O)(=O)CC2CCCNC2)CCN1C. The fourth-order valence-corrected chi connectivity index (χ4v) is 4.80. The molecule has 0 saturated carbocycles. The van der Waals surface area contributed by atoms with Crippen LogP contribution in [-0.4, -0.2) is 57.8 Å². The molecule has 0 aromatic heterocycles. The van der Waals surface area contributed by atoms with Gasteiger partial charge in [0.05, 0.1) is 5.75 Å². The summed E-state index contributed by atoms with van der Waals surface area (Å²) in [5, 5.41) is 3.28. The first-order valence-electron chi connectivity index (χ1n) is 7.37. The molecule has 2 saturated heterocycles. The average Bonchev–Trinajstić information content (AvgIpc) is 2.34. The van der Waals surface area contributed by atoms with Crippen LogP contribution in [0.15, 0.2) is 0 Å². The largest absolute Gasteiger partial charge is 0.316 e. The average molecular weight is 289 g/mol. The van der Waals surface area contributed by atoms with Gasteiger partial charge in [0.2, 0.25) is 10.0 Å². The van der Waals surface area contributed by atoms with Gasteiger partial charge >= 0.3 is 0 Å². The first-order valence-corrected chi connectivity index (χ1v) is 9.02. The van der Waals surface area contributed by atoms with E-state index in [1.807, 2.05) is 0 Å². The summed E-state index contributed by atoms with van der Waals surface area (Å²) < 4.78 is 27.3. The van der Waals surface area contributed by atoms with E-state index in [4.69, 9.17) is 0 Å². The monoisotopic (exact) mass is 289 g/mol. The third-order valence-electron chi connectivity index (χ3n) is 4.41. The maximum atomic E-state index is 12.2. The molecule has 2 heterocycles. The van der Waals surface area contributed by atoms with E-state index in [0.29, 0.717) is 6.04 Å². The summed E-state index contributed by atoms with van der Waals surface area (Å²) >= 11 is 0. The van der Waals surface area contributed by atoms with E-state index >= 15 is 0 Å². The summed E-state index contributed by atoms with van der Waals surface area (Å²) in [5.41, 5.74) is 0. The predicted octanol–water partition coefficient (Wildman–Crippen LogP) is 0.388. The highest BCUT2D eigenvalue weighted by atomic mass is 32.2. The molecule has 0 aromatic rings. The summed E-state index contributed by atoms with van der Waals surface area (Å²) in [5.74, 6) is 0.552. The minimum absolute atomic E-state index is 0.118. The molecule has 2 rings (SSSR count). The van der Waals surface area contributed by atoms with E-state index in [1.54, 1.807) is 0 Å². The molecular weight excluding hydrogens is 262 g/mol. The van der Waals surface area contributed by atoms with Crippen molar-refractivity contribution >= 4 is 10.0 Å². The summed E-state index contributed by atoms with van der Waals surface area (Å²) in [6.07, 6.45) is 3.95. The van der Waals surface area contributed by atoms with E-state index in [2.05, 4.69) is 28.9 Å². The van der Waals surface area contributed by atoms with Crippen LogP contribution in [0.1, 0.15) is 32.6 Å². The normalized spacial score (nSPS) is 34.3. The van der Waals surface area contributed by atoms with Crippen molar-refractivity contribution in [3.63, 3.8) is 0 Å². The molecule has 0 spiro atoms. The molecule has 0 aliphatic carbocycles. The molecule has 0 radical (unpaired) electrons. The van der Waals surface area contributed by atoms with Gasteiger partial charge in [0, 0.05) is 12.1 Å². The number of hydrogen-bond acceptors (Lipinski definition) is 4. The molecule has 2 fully saturated rings. The minimum atomic E-state index is -3.13. The lowest BCUT2D eigenvalue weighted by molar-refractivity contribution is 0.178. The van der Waals surface area contributed by atoms with Crippen molar-refractivity contribution in [2.75, 3.05) is 32.4 Å². The van der Waals surface area contributed by atoms with Gasteiger partial charge in [-0.25, -0.2) is 13.1 Å². The van der Waals surface area contributed by atoms with E-state index in [1.165, 1.54) is 0 Å². The van der Waals surface area contributed by atoms with Crippen molar-refractivity contribution in [1.82, 2.24) is 14.9 Å². The van der Waals surface area contributed by atoms with Crippen LogP contribution < -0.4 is 10.0 Å². The van der Waals surface area contributed by atoms with Gasteiger partial charge in [-0.1, -0.05) is 0 Å². The Bertz CT molecular complexity index is 379. The van der Waals surface area contributed by atoms with Crippen molar-refractivity contribution in [3.05, 3.63) is 0 Å². The van der Waals surface area contributed by atoms with Gasteiger partial charge < -0.3 is 10.2 Å². The van der Waals surface area contributed by atoms with Gasteiger partial charge in [0.1, 0.15) is 0 Å². The lowest BCUT2D eigenvalue weighted by Gasteiger charge is -2.35. The fourth-order valence-electron chi connectivity index (χ4n) is 3.08. The number of nitrogens with one attached hydrogen (secondary N) is 2. The van der Waals surface area contributed by atoms with Gasteiger partial charge in [0.25, 0.3) is 0 Å². The van der Waals surface area contributed by atoms with E-state index in [-0.39, 0.29) is 17.7 Å². The molecule has 5 nitrogen and oxygen atoms in total. The highest BCUT2D eigenvalue weighted by Gasteiger charge is 2.28. The number of nitrogens with zero attached hydrogens (tertiary/aromatic N) is 1. The van der Waals surface area contributed by atoms with Crippen LogP contribution in [0.4, 0.5) is 0 Å². The Morgan fingerprint density at radius 1 is 1.37 bits per heavy atom. The summed E-state index contributed by atoms with van der Waals surface area (Å²) in [6, 6.07) is 0.575. The second kappa shape index (κ2) is 6.52. The molecular formula is C13H27N3O2S. The molecule has 2 aliphatic heterocycles. The Morgan fingerprint density at radius 3 is 2.79 bits per heavy atom. The fraction of sp³-hybridized carbons (Fsp3) is 1.00. The Balaban J connectivity index is 1.83. The second-order valence-corrected chi connectivity index (χ2v) is 7.96. The van der Waals surface area contributed by atoms with E-state index in [0.717, 1.165) is 45.3 Å². The number of sulfonamides is 1. The summed E-state index contributed by atoms with van der Waals surface area (Å²) in [4.78, 5) is 2.29. The van der Waals surface area contributed by atoms with Crippen LogP contribution in [0.2, 0.25) is 0 Å². The standard InChI is InChI=1S/C13H27N3O2S/c1-11-8-13(5-7-16(11)2)15-19(17,18)10-12-4-3-6-14-9-12/h11-15H,3-10H2,1-2H3. The molecule has 2 aliphatic rings. The molecule has 6 heteroatoms. The minimum Gasteiger partial charge on any atom is -0.316 e. The van der Waals surface area contributed by atoms with Crippen LogP contribution in [-0.2, 0) is 10.0 Å². The third kappa shape index (κ3) is 4.70. The lowest BCUT2D eigenvalue weighted by Crippen LogP contribution is -2.48. The third-order valence-corrected chi connectivity index (χ3v) is 6.01. The highest BCUT2D eigenvalue weighted by molar-refractivity contribution is 7.89. The Kier molecular flexibility index (Phi) is 5.22. The van der Waals surface area contributed by atoms with E-state index in [9.17, 15) is 8.42 Å². The van der Waals surface area contributed by atoms with Crippen LogP contribution in [0.25, 0.3) is 0 Å². The van der Waals surface area contributed by atoms with Crippen LogP contribution in [0.3, 0.4) is 0 Å². The Hall–Kier alpha value is -0.170. The van der Waals surface area contributed by atoms with Gasteiger partial charge in [-0.05, 0) is 65.2 Å². The number of hydrogen-bond donors (Lipinski definition) is 2. The molecule has 3 unspecified atom stereocenters. The maximum absolute atomic E-state index is 12.2. The number of piperidine rings is 2. The second-order valence-electron chi connectivity index (χ2n) is 6.16. The molecule has 2 N–H and O–H groups in total. The van der Waals surface area contributed by atoms with E-state index < -0.39 is 10.0 Å². The number of likely N-dealkylation sites (tertiary alicyclic amines) is 1. The van der Waals surface area contributed by atoms with Crippen LogP contribution >= 0.6 is 0 Å². The number of rotatable bonds is 4. The van der Waals surface area contributed by atoms with Crippen molar-refractivity contribution in [2.24, 2.45) is 5.92 Å². The molecule has 112 valence electrons. The molecule has 0 aromatic carbocycles. The molecule has 3 atom stereocenters. The first-order chi connectivity index (χ1) is 8.96. The smallest absolute Gasteiger partial charge is 0.212 e. The van der Waals surface area contributed by atoms with Crippen molar-refractivity contribution in [1.29, 1.82) is 0 Å². The van der Waals surface area contributed by atoms with Gasteiger partial charge in [-0.15, -0.1) is 0 Å². The summed E-state index contributed by atoms with van der Waals surface area (Å²) in [6.45, 7) is 4.99. The predicted molar refractivity (Wildman–Crippen MR) is 77.6 cm³/mol. The maximum Gasteiger partial charge on any atom is 0.212 e. The van der Waals surface area contributed by atoms with Crippen LogP contribution in [0.5, 0.6) is 0 Å². The molecule has 0 bridgehead atoms. The quantitative estimate of drug-likeness (QED) is 0.786. The zero-order chi connectivity index (χ0) is 13.9. The van der Waals surface area contributed by atoms with Crippen molar-refractivity contribution in [3.8, 4) is 0 Å².